The summed E-state index contributed by atoms with van der Waals surface area (Å²) in [5.74, 6) is -0.779. The molecule has 1 fully saturated rings. The lowest BCUT2D eigenvalue weighted by Gasteiger charge is -2.32. The van der Waals surface area contributed by atoms with Gasteiger partial charge in [0.25, 0.3) is 5.91 Å². The van der Waals surface area contributed by atoms with E-state index < -0.39 is 5.97 Å². The van der Waals surface area contributed by atoms with Gasteiger partial charge < -0.3 is 14.6 Å². The van der Waals surface area contributed by atoms with E-state index in [-0.39, 0.29) is 11.8 Å². The summed E-state index contributed by atoms with van der Waals surface area (Å²) < 4.78 is 1.75. The molecule has 6 nitrogen and oxygen atoms in total. The summed E-state index contributed by atoms with van der Waals surface area (Å²) in [6.07, 6.45) is 4.86. The summed E-state index contributed by atoms with van der Waals surface area (Å²) in [7, 11) is 1.83. The Morgan fingerprint density at radius 2 is 1.91 bits per heavy atom. The first-order valence-electron chi connectivity index (χ1n) is 7.65. The number of aromatic nitrogens is 2. The second-order valence-electron chi connectivity index (χ2n) is 5.88. The summed E-state index contributed by atoms with van der Waals surface area (Å²) in [5.41, 5.74) is 1.68. The number of carbonyl (C=O) groups is 2. The van der Waals surface area contributed by atoms with Crippen molar-refractivity contribution in [2.45, 2.75) is 18.8 Å². The van der Waals surface area contributed by atoms with E-state index in [4.69, 9.17) is 0 Å². The van der Waals surface area contributed by atoms with E-state index in [0.29, 0.717) is 24.3 Å². The van der Waals surface area contributed by atoms with Crippen molar-refractivity contribution in [2.75, 3.05) is 13.1 Å². The molecule has 0 saturated carbocycles. The Kier molecular flexibility index (Phi) is 4.14. The van der Waals surface area contributed by atoms with Gasteiger partial charge in [-0.25, -0.2) is 9.78 Å². The Hall–Kier alpha value is -2.63. The Morgan fingerprint density at radius 1 is 1.22 bits per heavy atom. The molecule has 0 spiro atoms. The quantitative estimate of drug-likeness (QED) is 0.942. The molecule has 2 heterocycles. The van der Waals surface area contributed by atoms with Gasteiger partial charge in [-0.2, -0.15) is 0 Å². The zero-order valence-corrected chi connectivity index (χ0v) is 13.0. The highest BCUT2D eigenvalue weighted by atomic mass is 16.4. The summed E-state index contributed by atoms with van der Waals surface area (Å²) in [6, 6.07) is 7.13. The van der Waals surface area contributed by atoms with Gasteiger partial charge >= 0.3 is 5.97 Å². The predicted molar refractivity (Wildman–Crippen MR) is 84.5 cm³/mol. The van der Waals surface area contributed by atoms with E-state index in [1.165, 1.54) is 0 Å². The zero-order chi connectivity index (χ0) is 16.4. The van der Waals surface area contributed by atoms with Gasteiger partial charge in [0, 0.05) is 26.3 Å². The van der Waals surface area contributed by atoms with Gasteiger partial charge in [-0.05, 0) is 30.4 Å². The van der Waals surface area contributed by atoms with E-state index in [1.807, 2.05) is 19.2 Å². The molecule has 0 bridgehead atoms. The number of aromatic carboxylic acids is 1. The number of aryl methyl sites for hydroxylation is 1. The van der Waals surface area contributed by atoms with Crippen molar-refractivity contribution in [1.82, 2.24) is 14.5 Å². The number of hydrogen-bond donors (Lipinski definition) is 1. The normalized spacial score (nSPS) is 15.6. The summed E-state index contributed by atoms with van der Waals surface area (Å²) >= 11 is 0. The summed E-state index contributed by atoms with van der Waals surface area (Å²) in [4.78, 5) is 29.6. The maximum atomic E-state index is 12.4. The van der Waals surface area contributed by atoms with Crippen molar-refractivity contribution in [1.29, 1.82) is 0 Å². The molecule has 1 aromatic heterocycles. The Labute approximate surface area is 134 Å². The highest BCUT2D eigenvalue weighted by molar-refractivity contribution is 5.92. The van der Waals surface area contributed by atoms with Crippen LogP contribution in [0, 0.1) is 0 Å². The van der Waals surface area contributed by atoms with Gasteiger partial charge in [0.05, 0.1) is 11.9 Å². The Bertz CT molecular complexity index is 730. The van der Waals surface area contributed by atoms with Crippen molar-refractivity contribution in [2.24, 2.45) is 7.05 Å². The van der Waals surface area contributed by atoms with E-state index in [2.05, 4.69) is 4.98 Å². The number of nitrogens with zero attached hydrogens (tertiary/aromatic N) is 3. The fraction of sp³-hybridized carbons (Fsp3) is 0.353. The second-order valence-corrected chi connectivity index (χ2v) is 5.88. The minimum atomic E-state index is -0.896. The maximum absolute atomic E-state index is 12.4. The van der Waals surface area contributed by atoms with E-state index >= 15 is 0 Å². The first-order chi connectivity index (χ1) is 11.1. The highest BCUT2D eigenvalue weighted by Crippen LogP contribution is 2.30. The van der Waals surface area contributed by atoms with Crippen molar-refractivity contribution in [3.8, 4) is 0 Å². The second kappa shape index (κ2) is 6.24. The molecule has 0 atom stereocenters. The number of amides is 1. The maximum Gasteiger partial charge on any atom is 0.335 e. The molecule has 1 aliphatic heterocycles. The van der Waals surface area contributed by atoms with Gasteiger partial charge in [0.15, 0.2) is 0 Å². The van der Waals surface area contributed by atoms with Crippen LogP contribution in [0.4, 0.5) is 0 Å². The van der Waals surface area contributed by atoms with Crippen LogP contribution in [-0.4, -0.2) is 44.5 Å². The number of imidazole rings is 1. The van der Waals surface area contributed by atoms with Crippen molar-refractivity contribution in [3.63, 3.8) is 0 Å². The van der Waals surface area contributed by atoms with Crippen LogP contribution in [0.2, 0.25) is 0 Å². The summed E-state index contributed by atoms with van der Waals surface area (Å²) in [5, 5.41) is 9.31. The summed E-state index contributed by atoms with van der Waals surface area (Å²) in [6.45, 7) is 1.24. The van der Waals surface area contributed by atoms with Crippen molar-refractivity contribution >= 4 is 11.9 Å². The monoisotopic (exact) mass is 313 g/mol. The molecule has 2 aromatic rings. The van der Waals surface area contributed by atoms with Crippen LogP contribution >= 0.6 is 0 Å². The third-order valence-corrected chi connectivity index (χ3v) is 4.34. The number of carbonyl (C=O) groups excluding carboxylic acids is 1. The topological polar surface area (TPSA) is 75.4 Å². The average Bonchev–Trinajstić information content (AvgIpc) is 3.01. The molecular formula is C17H19N3O3. The van der Waals surface area contributed by atoms with Gasteiger partial charge in [0.2, 0.25) is 0 Å². The van der Waals surface area contributed by atoms with Crippen LogP contribution < -0.4 is 0 Å². The van der Waals surface area contributed by atoms with Crippen LogP contribution in [-0.2, 0) is 7.05 Å². The van der Waals surface area contributed by atoms with Gasteiger partial charge in [0.1, 0.15) is 5.69 Å². The van der Waals surface area contributed by atoms with Crippen LogP contribution in [0.1, 0.15) is 45.2 Å². The lowest BCUT2D eigenvalue weighted by Crippen LogP contribution is -2.38. The minimum Gasteiger partial charge on any atom is -0.478 e. The SMILES string of the molecule is Cn1cnc(C(=O)N2CCC(c3ccccc3C(=O)O)CC2)c1. The molecule has 1 aromatic carbocycles. The van der Waals surface area contributed by atoms with Gasteiger partial charge in [-0.3, -0.25) is 4.79 Å². The predicted octanol–water partition coefficient (Wildman–Crippen LogP) is 2.14. The number of rotatable bonds is 3. The van der Waals surface area contributed by atoms with Gasteiger partial charge in [-0.15, -0.1) is 0 Å². The first-order valence-corrected chi connectivity index (χ1v) is 7.65. The standard InChI is InChI=1S/C17H19N3O3/c1-19-10-15(18-11-19)16(21)20-8-6-12(7-9-20)13-4-2-3-5-14(13)17(22)23/h2-5,10-12H,6-9H2,1H3,(H,22,23). The number of piperidine rings is 1. The molecular weight excluding hydrogens is 294 g/mol. The molecule has 3 rings (SSSR count). The van der Waals surface area contributed by atoms with Gasteiger partial charge in [-0.1, -0.05) is 18.2 Å². The van der Waals surface area contributed by atoms with Crippen LogP contribution in [0.15, 0.2) is 36.8 Å². The number of hydrogen-bond acceptors (Lipinski definition) is 3. The lowest BCUT2D eigenvalue weighted by molar-refractivity contribution is 0.0678. The third-order valence-electron chi connectivity index (χ3n) is 4.34. The number of likely N-dealkylation sites (tertiary alicyclic amines) is 1. The highest BCUT2D eigenvalue weighted by Gasteiger charge is 2.27. The molecule has 120 valence electrons. The Balaban J connectivity index is 1.69. The molecule has 1 saturated heterocycles. The number of carboxylic acids is 1. The van der Waals surface area contributed by atoms with E-state index in [1.54, 1.807) is 34.1 Å². The molecule has 0 radical (unpaired) electrons. The van der Waals surface area contributed by atoms with Crippen molar-refractivity contribution < 1.29 is 14.7 Å². The molecule has 6 heteroatoms. The Morgan fingerprint density at radius 3 is 2.52 bits per heavy atom. The van der Waals surface area contributed by atoms with Crippen LogP contribution in [0.25, 0.3) is 0 Å². The molecule has 0 unspecified atom stereocenters. The average molecular weight is 313 g/mol. The van der Waals surface area contributed by atoms with Crippen molar-refractivity contribution in [3.05, 3.63) is 53.6 Å². The number of carboxylic acid groups (broad SMARTS) is 1. The van der Waals surface area contributed by atoms with Crippen LogP contribution in [0.5, 0.6) is 0 Å². The largest absolute Gasteiger partial charge is 0.478 e. The lowest BCUT2D eigenvalue weighted by atomic mass is 9.86. The number of benzene rings is 1. The molecule has 1 amide bonds. The van der Waals surface area contributed by atoms with Crippen LogP contribution in [0.3, 0.4) is 0 Å². The molecule has 23 heavy (non-hydrogen) atoms. The molecule has 1 N–H and O–H groups in total. The first kappa shape index (κ1) is 15.3. The molecule has 1 aliphatic rings. The molecule has 0 aliphatic carbocycles. The van der Waals surface area contributed by atoms with E-state index in [9.17, 15) is 14.7 Å². The fourth-order valence-electron chi connectivity index (χ4n) is 3.13. The smallest absolute Gasteiger partial charge is 0.335 e. The zero-order valence-electron chi connectivity index (χ0n) is 13.0. The third kappa shape index (κ3) is 3.11. The van der Waals surface area contributed by atoms with E-state index in [0.717, 1.165) is 18.4 Å². The minimum absolute atomic E-state index is 0.0597. The fourth-order valence-corrected chi connectivity index (χ4v) is 3.13.